The molecule has 8 nitrogen and oxygen atoms in total. The fourth-order valence-electron chi connectivity index (χ4n) is 3.62. The number of nitrogens with zero attached hydrogens (tertiary/aromatic N) is 5. The molecule has 1 atom stereocenters. The highest BCUT2D eigenvalue weighted by atomic mass is 16.5. The van der Waals surface area contributed by atoms with E-state index in [2.05, 4.69) is 19.9 Å². The summed E-state index contributed by atoms with van der Waals surface area (Å²) in [5.74, 6) is 2.30. The number of hydrogen-bond acceptors (Lipinski definition) is 7. The summed E-state index contributed by atoms with van der Waals surface area (Å²) in [7, 11) is 3.14. The molecule has 0 spiro atoms. The first-order chi connectivity index (χ1) is 14.1. The van der Waals surface area contributed by atoms with Crippen LogP contribution < -0.4 is 14.4 Å². The van der Waals surface area contributed by atoms with E-state index in [0.717, 1.165) is 11.3 Å². The van der Waals surface area contributed by atoms with E-state index in [1.54, 1.807) is 49.7 Å². The second-order valence-electron chi connectivity index (χ2n) is 6.66. The van der Waals surface area contributed by atoms with E-state index in [-0.39, 0.29) is 11.9 Å². The Morgan fingerprint density at radius 1 is 1.00 bits per heavy atom. The topological polar surface area (TPSA) is 90.3 Å². The number of aromatic nitrogens is 4. The van der Waals surface area contributed by atoms with Crippen LogP contribution in [-0.4, -0.2) is 40.1 Å². The highest BCUT2D eigenvalue weighted by Crippen LogP contribution is 2.43. The zero-order valence-electron chi connectivity index (χ0n) is 16.7. The van der Waals surface area contributed by atoms with Crippen molar-refractivity contribution in [1.82, 2.24) is 19.9 Å². The Hall–Kier alpha value is -3.55. The van der Waals surface area contributed by atoms with Crippen LogP contribution in [0.1, 0.15) is 41.0 Å². The summed E-state index contributed by atoms with van der Waals surface area (Å²) in [4.78, 5) is 32.5. The van der Waals surface area contributed by atoms with Crippen molar-refractivity contribution in [2.24, 2.45) is 0 Å². The molecule has 8 heteroatoms. The van der Waals surface area contributed by atoms with Gasteiger partial charge in [-0.3, -0.25) is 9.69 Å². The number of amides is 1. The summed E-state index contributed by atoms with van der Waals surface area (Å²) in [6, 6.07) is 6.96. The van der Waals surface area contributed by atoms with E-state index in [1.165, 1.54) is 0 Å². The zero-order valence-corrected chi connectivity index (χ0v) is 16.7. The first kappa shape index (κ1) is 18.8. The molecule has 0 bridgehead atoms. The predicted octanol–water partition coefficient (Wildman–Crippen LogP) is 3.37. The second-order valence-corrected chi connectivity index (χ2v) is 6.66. The van der Waals surface area contributed by atoms with Crippen molar-refractivity contribution in [3.8, 4) is 23.1 Å². The van der Waals surface area contributed by atoms with Crippen LogP contribution in [0.15, 0.2) is 36.7 Å². The van der Waals surface area contributed by atoms with Crippen molar-refractivity contribution in [1.29, 1.82) is 0 Å². The van der Waals surface area contributed by atoms with E-state index >= 15 is 0 Å². The molecular formula is C21H21N5O3. The number of fused-ring (bicyclic) bond motifs is 1. The minimum Gasteiger partial charge on any atom is -0.493 e. The standard InChI is InChI=1S/C21H21N5O3/c1-5-15-13-10-16(28-3)17(29-4)11-14(13)21(27)26(15)18-9-12(2)24-20(25-18)19-22-7-6-8-23-19/h6-11,15H,5H2,1-4H3. The number of benzene rings is 1. The molecule has 2 aromatic heterocycles. The lowest BCUT2D eigenvalue weighted by Crippen LogP contribution is -2.28. The van der Waals surface area contributed by atoms with E-state index < -0.39 is 0 Å². The van der Waals surface area contributed by atoms with E-state index in [4.69, 9.17) is 9.47 Å². The number of anilines is 1. The SMILES string of the molecule is CCC1c2cc(OC)c(OC)cc2C(=O)N1c1cc(C)nc(-c2ncccn2)n1. The van der Waals surface area contributed by atoms with Gasteiger partial charge in [0.15, 0.2) is 23.1 Å². The Morgan fingerprint density at radius 3 is 2.34 bits per heavy atom. The Morgan fingerprint density at radius 2 is 1.69 bits per heavy atom. The van der Waals surface area contributed by atoms with E-state index in [1.807, 2.05) is 19.9 Å². The number of rotatable bonds is 5. The molecule has 0 aliphatic carbocycles. The molecule has 3 aromatic rings. The molecular weight excluding hydrogens is 370 g/mol. The lowest BCUT2D eigenvalue weighted by atomic mass is 10.0. The van der Waals surface area contributed by atoms with E-state index in [0.29, 0.717) is 40.9 Å². The van der Waals surface area contributed by atoms with Crippen LogP contribution in [0.4, 0.5) is 5.82 Å². The maximum atomic E-state index is 13.3. The Labute approximate surface area is 168 Å². The molecule has 1 aromatic carbocycles. The van der Waals surface area contributed by atoms with Gasteiger partial charge in [-0.2, -0.15) is 0 Å². The van der Waals surface area contributed by atoms with Gasteiger partial charge >= 0.3 is 0 Å². The van der Waals surface area contributed by atoms with Gasteiger partial charge in [-0.25, -0.2) is 19.9 Å². The van der Waals surface area contributed by atoms with Crippen molar-refractivity contribution in [2.75, 3.05) is 19.1 Å². The minimum absolute atomic E-state index is 0.133. The number of carbonyl (C=O) groups excluding carboxylic acids is 1. The largest absolute Gasteiger partial charge is 0.493 e. The van der Waals surface area contributed by atoms with Crippen LogP contribution in [0.25, 0.3) is 11.6 Å². The minimum atomic E-state index is -0.170. The number of aryl methyl sites for hydroxylation is 1. The summed E-state index contributed by atoms with van der Waals surface area (Å²) in [5, 5.41) is 0. The number of carbonyl (C=O) groups is 1. The quantitative estimate of drug-likeness (QED) is 0.658. The smallest absolute Gasteiger partial charge is 0.260 e. The summed E-state index contributed by atoms with van der Waals surface area (Å²) < 4.78 is 10.8. The molecule has 0 saturated heterocycles. The van der Waals surface area contributed by atoms with Gasteiger partial charge in [0.25, 0.3) is 5.91 Å². The van der Waals surface area contributed by atoms with Crippen LogP contribution in [-0.2, 0) is 0 Å². The summed E-state index contributed by atoms with van der Waals surface area (Å²) in [5.41, 5.74) is 2.21. The van der Waals surface area contributed by atoms with Gasteiger partial charge in [0.2, 0.25) is 0 Å². The van der Waals surface area contributed by atoms with Crippen LogP contribution >= 0.6 is 0 Å². The van der Waals surface area contributed by atoms with Crippen LogP contribution in [0.2, 0.25) is 0 Å². The summed E-state index contributed by atoms with van der Waals surface area (Å²) in [6.07, 6.45) is 3.99. The third-order valence-corrected chi connectivity index (χ3v) is 4.92. The highest BCUT2D eigenvalue weighted by Gasteiger charge is 2.39. The summed E-state index contributed by atoms with van der Waals surface area (Å²) in [6.45, 7) is 3.89. The van der Waals surface area contributed by atoms with Crippen molar-refractivity contribution in [3.05, 3.63) is 53.5 Å². The third kappa shape index (κ3) is 3.16. The molecule has 148 valence electrons. The van der Waals surface area contributed by atoms with Gasteiger partial charge in [0, 0.05) is 29.7 Å². The number of hydrogen-bond donors (Lipinski definition) is 0. The molecule has 1 aliphatic heterocycles. The van der Waals surface area contributed by atoms with Crippen molar-refractivity contribution >= 4 is 11.7 Å². The molecule has 0 saturated carbocycles. The van der Waals surface area contributed by atoms with Crippen molar-refractivity contribution in [2.45, 2.75) is 26.3 Å². The van der Waals surface area contributed by atoms with Gasteiger partial charge in [-0.05, 0) is 37.1 Å². The second kappa shape index (κ2) is 7.46. The van der Waals surface area contributed by atoms with Crippen LogP contribution in [0.3, 0.4) is 0 Å². The average molecular weight is 391 g/mol. The fraction of sp³-hybridized carbons (Fsp3) is 0.286. The third-order valence-electron chi connectivity index (χ3n) is 4.92. The molecule has 29 heavy (non-hydrogen) atoms. The average Bonchev–Trinajstić information content (AvgIpc) is 3.03. The predicted molar refractivity (Wildman–Crippen MR) is 107 cm³/mol. The molecule has 0 N–H and O–H groups in total. The molecule has 0 fully saturated rings. The first-order valence-electron chi connectivity index (χ1n) is 9.30. The molecule has 1 aliphatic rings. The Balaban J connectivity index is 1.83. The molecule has 1 unspecified atom stereocenters. The van der Waals surface area contributed by atoms with E-state index in [9.17, 15) is 4.79 Å². The highest BCUT2D eigenvalue weighted by molar-refractivity contribution is 6.11. The monoisotopic (exact) mass is 391 g/mol. The number of ether oxygens (including phenoxy) is 2. The molecule has 1 amide bonds. The summed E-state index contributed by atoms with van der Waals surface area (Å²) >= 11 is 0. The van der Waals surface area contributed by atoms with Crippen LogP contribution in [0, 0.1) is 6.92 Å². The van der Waals surface area contributed by atoms with Gasteiger partial charge in [-0.15, -0.1) is 0 Å². The normalized spacial score (nSPS) is 15.4. The molecule has 0 radical (unpaired) electrons. The molecule has 4 rings (SSSR count). The first-order valence-corrected chi connectivity index (χ1v) is 9.30. The number of methoxy groups -OCH3 is 2. The fourth-order valence-corrected chi connectivity index (χ4v) is 3.62. The lowest BCUT2D eigenvalue weighted by Gasteiger charge is -2.24. The van der Waals surface area contributed by atoms with Gasteiger partial charge < -0.3 is 9.47 Å². The Bertz CT molecular complexity index is 1070. The van der Waals surface area contributed by atoms with Gasteiger partial charge in [0.1, 0.15) is 5.82 Å². The molecule has 3 heterocycles. The van der Waals surface area contributed by atoms with Crippen LogP contribution in [0.5, 0.6) is 11.5 Å². The maximum Gasteiger partial charge on any atom is 0.260 e. The van der Waals surface area contributed by atoms with Gasteiger partial charge in [-0.1, -0.05) is 6.92 Å². The lowest BCUT2D eigenvalue weighted by molar-refractivity contribution is 0.0989. The van der Waals surface area contributed by atoms with Gasteiger partial charge in [0.05, 0.1) is 20.3 Å². The van der Waals surface area contributed by atoms with Crippen molar-refractivity contribution < 1.29 is 14.3 Å². The zero-order chi connectivity index (χ0) is 20.5. The maximum absolute atomic E-state index is 13.3. The van der Waals surface area contributed by atoms with Crippen molar-refractivity contribution in [3.63, 3.8) is 0 Å². The Kier molecular flexibility index (Phi) is 4.84.